The van der Waals surface area contributed by atoms with Gasteiger partial charge in [-0.2, -0.15) is 0 Å². The van der Waals surface area contributed by atoms with Gasteiger partial charge in [-0.05, 0) is 45.7 Å². The van der Waals surface area contributed by atoms with Crippen molar-refractivity contribution in [3.05, 3.63) is 50.9 Å². The van der Waals surface area contributed by atoms with Gasteiger partial charge in [0.25, 0.3) is 5.56 Å². The summed E-state index contributed by atoms with van der Waals surface area (Å²) in [7, 11) is 0. The quantitative estimate of drug-likeness (QED) is 0.667. The van der Waals surface area contributed by atoms with Gasteiger partial charge < -0.3 is 10.3 Å². The number of aromatic amines is 1. The third-order valence-electron chi connectivity index (χ3n) is 3.43. The number of aromatic nitrogens is 2. The van der Waals surface area contributed by atoms with E-state index < -0.39 is 0 Å². The third kappa shape index (κ3) is 4.45. The zero-order valence-electron chi connectivity index (χ0n) is 14.0. The van der Waals surface area contributed by atoms with Gasteiger partial charge in [0.05, 0.1) is 5.25 Å². The van der Waals surface area contributed by atoms with Crippen LogP contribution in [0.2, 0.25) is 0 Å². The van der Waals surface area contributed by atoms with E-state index in [-0.39, 0.29) is 16.7 Å². The highest BCUT2D eigenvalue weighted by Crippen LogP contribution is 2.24. The first-order valence-corrected chi connectivity index (χ1v) is 8.27. The Morgan fingerprint density at radius 3 is 2.35 bits per heavy atom. The molecule has 1 amide bonds. The van der Waals surface area contributed by atoms with Gasteiger partial charge in [-0.3, -0.25) is 9.59 Å². The minimum absolute atomic E-state index is 0.116. The van der Waals surface area contributed by atoms with Crippen LogP contribution in [0.4, 0.5) is 5.69 Å². The van der Waals surface area contributed by atoms with Crippen LogP contribution in [-0.2, 0) is 4.79 Å². The molecule has 0 aliphatic rings. The second-order valence-corrected chi connectivity index (χ2v) is 7.04. The summed E-state index contributed by atoms with van der Waals surface area (Å²) in [5, 5.41) is 3.05. The molecular weight excluding hydrogens is 310 g/mol. The number of nitrogens with zero attached hydrogens (tertiary/aromatic N) is 1. The minimum Gasteiger partial charge on any atom is -0.325 e. The van der Waals surface area contributed by atoms with E-state index in [1.54, 1.807) is 13.8 Å². The van der Waals surface area contributed by atoms with Crippen LogP contribution in [0.5, 0.6) is 0 Å². The molecule has 0 unspecified atom stereocenters. The molecule has 0 spiro atoms. The minimum atomic E-state index is -0.375. The lowest BCUT2D eigenvalue weighted by molar-refractivity contribution is -0.115. The van der Waals surface area contributed by atoms with Crippen molar-refractivity contribution in [3.63, 3.8) is 0 Å². The van der Waals surface area contributed by atoms with E-state index in [9.17, 15) is 9.59 Å². The van der Waals surface area contributed by atoms with Crippen LogP contribution in [0.25, 0.3) is 0 Å². The van der Waals surface area contributed by atoms with Gasteiger partial charge in [0.1, 0.15) is 0 Å². The first-order valence-electron chi connectivity index (χ1n) is 7.39. The summed E-state index contributed by atoms with van der Waals surface area (Å²) in [5.41, 5.74) is 4.51. The van der Waals surface area contributed by atoms with Crippen LogP contribution in [0.15, 0.2) is 28.2 Å². The van der Waals surface area contributed by atoms with Gasteiger partial charge in [0.15, 0.2) is 5.16 Å². The summed E-state index contributed by atoms with van der Waals surface area (Å²) < 4.78 is 0. The highest BCUT2D eigenvalue weighted by Gasteiger charge is 2.18. The molecule has 1 aromatic heterocycles. The van der Waals surface area contributed by atoms with Gasteiger partial charge >= 0.3 is 0 Å². The highest BCUT2D eigenvalue weighted by molar-refractivity contribution is 8.00. The predicted molar refractivity (Wildman–Crippen MR) is 94.2 cm³/mol. The summed E-state index contributed by atoms with van der Waals surface area (Å²) in [4.78, 5) is 30.8. The number of thioether (sulfide) groups is 1. The number of hydrogen-bond acceptors (Lipinski definition) is 4. The monoisotopic (exact) mass is 331 g/mol. The Labute approximate surface area is 139 Å². The molecular formula is C17H21N3O2S. The lowest BCUT2D eigenvalue weighted by Crippen LogP contribution is -2.24. The van der Waals surface area contributed by atoms with E-state index in [4.69, 9.17) is 0 Å². The van der Waals surface area contributed by atoms with E-state index in [1.165, 1.54) is 23.4 Å². The topological polar surface area (TPSA) is 74.8 Å². The number of rotatable bonds is 4. The average Bonchev–Trinajstić information content (AvgIpc) is 2.41. The molecule has 0 bridgehead atoms. The van der Waals surface area contributed by atoms with E-state index in [1.807, 2.05) is 32.9 Å². The fourth-order valence-electron chi connectivity index (χ4n) is 2.43. The molecule has 6 heteroatoms. The number of carbonyl (C=O) groups excluding carboxylic acids is 1. The number of nitrogens with one attached hydrogen (secondary N) is 2. The van der Waals surface area contributed by atoms with Gasteiger partial charge in [0, 0.05) is 17.4 Å². The van der Waals surface area contributed by atoms with Crippen molar-refractivity contribution < 1.29 is 4.79 Å². The van der Waals surface area contributed by atoms with E-state index >= 15 is 0 Å². The first-order chi connectivity index (χ1) is 10.8. The molecule has 23 heavy (non-hydrogen) atoms. The van der Waals surface area contributed by atoms with Crippen molar-refractivity contribution in [2.75, 3.05) is 5.32 Å². The SMILES string of the molecule is Cc1cc(C)c(NC(=O)[C@H](C)Sc2nc(C)cc(=O)[nH]2)c(C)c1. The number of carbonyl (C=O) groups is 1. The molecule has 1 aromatic carbocycles. The molecule has 0 radical (unpaired) electrons. The van der Waals surface area contributed by atoms with Crippen LogP contribution in [0, 0.1) is 27.7 Å². The maximum atomic E-state index is 12.4. The number of benzene rings is 1. The summed E-state index contributed by atoms with van der Waals surface area (Å²) in [6.07, 6.45) is 0. The van der Waals surface area contributed by atoms with Crippen molar-refractivity contribution in [2.24, 2.45) is 0 Å². The Morgan fingerprint density at radius 2 is 1.78 bits per heavy atom. The summed E-state index contributed by atoms with van der Waals surface area (Å²) in [6.45, 7) is 9.54. The summed E-state index contributed by atoms with van der Waals surface area (Å²) in [5.74, 6) is -0.116. The van der Waals surface area contributed by atoms with Crippen molar-refractivity contribution in [1.82, 2.24) is 9.97 Å². The zero-order chi connectivity index (χ0) is 17.1. The van der Waals surface area contributed by atoms with Gasteiger partial charge in [-0.15, -0.1) is 0 Å². The largest absolute Gasteiger partial charge is 0.325 e. The first kappa shape index (κ1) is 17.3. The lowest BCUT2D eigenvalue weighted by atomic mass is 10.1. The molecule has 122 valence electrons. The number of aryl methyl sites for hydroxylation is 4. The Morgan fingerprint density at radius 1 is 1.17 bits per heavy atom. The second kappa shape index (κ2) is 7.00. The second-order valence-electron chi connectivity index (χ2n) is 5.71. The molecule has 2 rings (SSSR count). The van der Waals surface area contributed by atoms with Crippen LogP contribution in [0.3, 0.4) is 0 Å². The lowest BCUT2D eigenvalue weighted by Gasteiger charge is -2.16. The third-order valence-corrected chi connectivity index (χ3v) is 4.42. The van der Waals surface area contributed by atoms with Crippen molar-refractivity contribution in [2.45, 2.75) is 45.0 Å². The molecule has 0 saturated carbocycles. The van der Waals surface area contributed by atoms with Gasteiger partial charge in [0.2, 0.25) is 5.91 Å². The summed E-state index contributed by atoms with van der Waals surface area (Å²) >= 11 is 1.24. The van der Waals surface area contributed by atoms with Crippen molar-refractivity contribution >= 4 is 23.4 Å². The smallest absolute Gasteiger partial charge is 0.251 e. The molecule has 0 aliphatic heterocycles. The molecule has 2 aromatic rings. The Kier molecular flexibility index (Phi) is 5.26. The summed E-state index contributed by atoms with van der Waals surface area (Å²) in [6, 6.07) is 5.51. The molecule has 2 N–H and O–H groups in total. The predicted octanol–water partition coefficient (Wildman–Crippen LogP) is 3.12. The molecule has 0 saturated heterocycles. The maximum Gasteiger partial charge on any atom is 0.251 e. The fourth-order valence-corrected chi connectivity index (χ4v) is 3.29. The molecule has 1 heterocycles. The Bertz CT molecular complexity index is 776. The average molecular weight is 331 g/mol. The fraction of sp³-hybridized carbons (Fsp3) is 0.353. The van der Waals surface area contributed by atoms with Crippen molar-refractivity contribution in [3.8, 4) is 0 Å². The Balaban J connectivity index is 2.13. The van der Waals surface area contributed by atoms with E-state index in [0.29, 0.717) is 10.9 Å². The van der Waals surface area contributed by atoms with E-state index in [0.717, 1.165) is 16.8 Å². The number of H-pyrrole nitrogens is 1. The normalized spacial score (nSPS) is 12.0. The van der Waals surface area contributed by atoms with Crippen LogP contribution >= 0.6 is 11.8 Å². The molecule has 0 fully saturated rings. The van der Waals surface area contributed by atoms with E-state index in [2.05, 4.69) is 15.3 Å². The molecule has 0 aliphatic carbocycles. The number of hydrogen-bond donors (Lipinski definition) is 2. The molecule has 5 nitrogen and oxygen atoms in total. The highest BCUT2D eigenvalue weighted by atomic mass is 32.2. The van der Waals surface area contributed by atoms with Crippen LogP contribution in [-0.4, -0.2) is 21.1 Å². The number of amides is 1. The van der Waals surface area contributed by atoms with Crippen LogP contribution < -0.4 is 10.9 Å². The van der Waals surface area contributed by atoms with Gasteiger partial charge in [-0.25, -0.2) is 4.98 Å². The van der Waals surface area contributed by atoms with Crippen LogP contribution in [0.1, 0.15) is 29.3 Å². The van der Waals surface area contributed by atoms with Crippen molar-refractivity contribution in [1.29, 1.82) is 0 Å². The zero-order valence-corrected chi connectivity index (χ0v) is 14.8. The number of anilines is 1. The van der Waals surface area contributed by atoms with Gasteiger partial charge in [-0.1, -0.05) is 29.5 Å². The standard InChI is InChI=1S/C17H21N3O2S/c1-9-6-10(2)15(11(3)7-9)20-16(22)13(5)23-17-18-12(4)8-14(21)19-17/h6-8,13H,1-5H3,(H,20,22)(H,18,19,21)/t13-/m0/s1. The molecule has 1 atom stereocenters. The Hall–Kier alpha value is -2.08. The maximum absolute atomic E-state index is 12.4.